The first-order valence-electron chi connectivity index (χ1n) is 3.06. The number of phenolic OH excluding ortho intramolecular Hbond substituents is 1. The molecule has 0 spiro atoms. The zero-order valence-electron chi connectivity index (χ0n) is 6.13. The van der Waals surface area contributed by atoms with Crippen molar-refractivity contribution in [2.24, 2.45) is 0 Å². The Kier molecular flexibility index (Phi) is 2.09. The lowest BCUT2D eigenvalue weighted by molar-refractivity contribution is -0.423. The van der Waals surface area contributed by atoms with Crippen LogP contribution in [0.2, 0.25) is 0 Å². The number of nitro benzene ring substituents is 2. The summed E-state index contributed by atoms with van der Waals surface area (Å²) in [6, 6.07) is 4.03. The van der Waals surface area contributed by atoms with Crippen molar-refractivity contribution in [2.75, 3.05) is 0 Å². The van der Waals surface area contributed by atoms with Crippen molar-refractivity contribution in [3.05, 3.63) is 38.4 Å². The first kappa shape index (κ1) is 8.91. The number of hydrogen-bond acceptors (Lipinski definition) is 5. The van der Waals surface area contributed by atoms with Crippen LogP contribution in [-0.2, 0) is 0 Å². The Bertz CT molecular complexity index is 375. The molecule has 0 heterocycles. The quantitative estimate of drug-likeness (QED) is 0.543. The third-order valence-corrected chi connectivity index (χ3v) is 1.31. The molecule has 1 radical (unpaired) electrons. The van der Waals surface area contributed by atoms with Gasteiger partial charge in [0.2, 0.25) is 5.75 Å². The van der Waals surface area contributed by atoms with Gasteiger partial charge in [-0.25, -0.2) is 0 Å². The third kappa shape index (κ3) is 1.53. The first-order chi connectivity index (χ1) is 6.04. The van der Waals surface area contributed by atoms with E-state index in [0.29, 0.717) is 0 Å². The summed E-state index contributed by atoms with van der Waals surface area (Å²) in [6.45, 7) is 0. The third-order valence-electron chi connectivity index (χ3n) is 1.31. The van der Waals surface area contributed by atoms with E-state index in [4.69, 9.17) is 5.11 Å². The average molecular weight is 183 g/mol. The standard InChI is InChI=1S/C6H3N2O5/c9-5-3-1-2-4(7(10)11)6(5)8(12)13/h1-2,9H. The van der Waals surface area contributed by atoms with Gasteiger partial charge < -0.3 is 5.11 Å². The van der Waals surface area contributed by atoms with Gasteiger partial charge in [0, 0.05) is 12.1 Å². The van der Waals surface area contributed by atoms with E-state index in [9.17, 15) is 20.2 Å². The monoisotopic (exact) mass is 183 g/mol. The van der Waals surface area contributed by atoms with E-state index in [1.807, 2.05) is 0 Å². The van der Waals surface area contributed by atoms with Crippen LogP contribution < -0.4 is 0 Å². The molecule has 1 aromatic carbocycles. The van der Waals surface area contributed by atoms with Gasteiger partial charge >= 0.3 is 11.4 Å². The smallest absolute Gasteiger partial charge is 0.387 e. The highest BCUT2D eigenvalue weighted by Crippen LogP contribution is 2.34. The highest BCUT2D eigenvalue weighted by molar-refractivity contribution is 5.60. The number of nitro groups is 2. The van der Waals surface area contributed by atoms with Crippen molar-refractivity contribution in [3.63, 3.8) is 0 Å². The summed E-state index contributed by atoms with van der Waals surface area (Å²) in [6.07, 6.45) is 0. The van der Waals surface area contributed by atoms with Crippen LogP contribution in [0.5, 0.6) is 5.75 Å². The van der Waals surface area contributed by atoms with E-state index in [1.165, 1.54) is 0 Å². The molecule has 0 amide bonds. The van der Waals surface area contributed by atoms with Gasteiger partial charge in [-0.05, 0) is 6.07 Å². The highest BCUT2D eigenvalue weighted by atomic mass is 16.6. The van der Waals surface area contributed by atoms with Gasteiger partial charge in [0.1, 0.15) is 0 Å². The van der Waals surface area contributed by atoms with Crippen LogP contribution >= 0.6 is 0 Å². The topological polar surface area (TPSA) is 107 Å². The Labute approximate surface area is 71.5 Å². The number of aromatic hydroxyl groups is 1. The lowest BCUT2D eigenvalue weighted by Gasteiger charge is -1.95. The second-order valence-corrected chi connectivity index (χ2v) is 2.07. The van der Waals surface area contributed by atoms with E-state index < -0.39 is 27.0 Å². The molecule has 0 fully saturated rings. The van der Waals surface area contributed by atoms with Crippen molar-refractivity contribution in [3.8, 4) is 5.75 Å². The van der Waals surface area contributed by atoms with Crippen LogP contribution in [0.15, 0.2) is 12.1 Å². The minimum atomic E-state index is -1.02. The normalized spacial score (nSPS) is 9.54. The molecule has 1 aromatic rings. The summed E-state index contributed by atoms with van der Waals surface area (Å²) in [4.78, 5) is 18.6. The van der Waals surface area contributed by atoms with E-state index in [-0.39, 0.29) is 0 Å². The molecule has 0 aliphatic heterocycles. The predicted octanol–water partition coefficient (Wildman–Crippen LogP) is 1.01. The van der Waals surface area contributed by atoms with E-state index in [0.717, 1.165) is 12.1 Å². The van der Waals surface area contributed by atoms with E-state index in [1.54, 1.807) is 0 Å². The van der Waals surface area contributed by atoms with Gasteiger partial charge in [-0.1, -0.05) is 0 Å². The van der Waals surface area contributed by atoms with Crippen molar-refractivity contribution >= 4 is 11.4 Å². The molecule has 0 bridgehead atoms. The van der Waals surface area contributed by atoms with Crippen molar-refractivity contribution in [1.29, 1.82) is 0 Å². The molecule has 7 nitrogen and oxygen atoms in total. The van der Waals surface area contributed by atoms with E-state index in [2.05, 4.69) is 6.07 Å². The Balaban J connectivity index is 3.43. The molecule has 0 aliphatic rings. The van der Waals surface area contributed by atoms with Crippen molar-refractivity contribution in [1.82, 2.24) is 0 Å². The molecule has 0 saturated heterocycles. The SMILES string of the molecule is O=[N+]([O-])c1cc[c]c(O)c1[N+](=O)[O-]. The van der Waals surface area contributed by atoms with Gasteiger partial charge in [-0.15, -0.1) is 0 Å². The fourth-order valence-corrected chi connectivity index (χ4v) is 0.795. The Morgan fingerprint density at radius 3 is 2.31 bits per heavy atom. The van der Waals surface area contributed by atoms with Crippen LogP contribution in [0.4, 0.5) is 11.4 Å². The predicted molar refractivity (Wildman–Crippen MR) is 40.3 cm³/mol. The zero-order chi connectivity index (χ0) is 10.0. The van der Waals surface area contributed by atoms with E-state index >= 15 is 0 Å². The van der Waals surface area contributed by atoms with Crippen LogP contribution in [0, 0.1) is 26.3 Å². The second-order valence-electron chi connectivity index (χ2n) is 2.07. The van der Waals surface area contributed by atoms with Gasteiger partial charge in [0.15, 0.2) is 0 Å². The molecule has 0 aliphatic carbocycles. The number of nitrogens with zero attached hydrogens (tertiary/aromatic N) is 2. The lowest BCUT2D eigenvalue weighted by Crippen LogP contribution is -1.96. The maximum absolute atomic E-state index is 10.3. The Hall–Kier alpha value is -2.18. The summed E-state index contributed by atoms with van der Waals surface area (Å²) in [5.74, 6) is -0.834. The molecular weight excluding hydrogens is 180 g/mol. The molecule has 13 heavy (non-hydrogen) atoms. The molecule has 1 rings (SSSR count). The highest BCUT2D eigenvalue weighted by Gasteiger charge is 2.27. The van der Waals surface area contributed by atoms with Gasteiger partial charge in [0.25, 0.3) is 0 Å². The summed E-state index contributed by atoms with van der Waals surface area (Å²) < 4.78 is 0. The van der Waals surface area contributed by atoms with Gasteiger partial charge in [-0.3, -0.25) is 20.2 Å². The minimum Gasteiger partial charge on any atom is -0.501 e. The average Bonchev–Trinajstić information content (AvgIpc) is 2.02. The van der Waals surface area contributed by atoms with Crippen LogP contribution in [-0.4, -0.2) is 15.0 Å². The number of hydrogen-bond donors (Lipinski definition) is 1. The molecule has 1 N–H and O–H groups in total. The fourth-order valence-electron chi connectivity index (χ4n) is 0.795. The Morgan fingerprint density at radius 2 is 1.92 bits per heavy atom. The molecule has 0 aromatic heterocycles. The van der Waals surface area contributed by atoms with Crippen LogP contribution in [0.25, 0.3) is 0 Å². The van der Waals surface area contributed by atoms with Crippen LogP contribution in [0.1, 0.15) is 0 Å². The summed E-state index contributed by atoms with van der Waals surface area (Å²) in [7, 11) is 0. The number of phenols is 1. The molecule has 67 valence electrons. The molecular formula is C6H3N2O5. The summed E-state index contributed by atoms with van der Waals surface area (Å²) in [5, 5.41) is 29.4. The Morgan fingerprint density at radius 1 is 1.31 bits per heavy atom. The van der Waals surface area contributed by atoms with Crippen molar-refractivity contribution in [2.45, 2.75) is 0 Å². The first-order valence-corrected chi connectivity index (χ1v) is 3.06. The minimum absolute atomic E-state index is 0.749. The fraction of sp³-hybridized carbons (Fsp3) is 0. The molecule has 7 heteroatoms. The molecule has 0 atom stereocenters. The van der Waals surface area contributed by atoms with Crippen molar-refractivity contribution < 1.29 is 15.0 Å². The molecule has 0 unspecified atom stereocenters. The molecule has 0 saturated carbocycles. The number of rotatable bonds is 2. The van der Waals surface area contributed by atoms with Gasteiger partial charge in [-0.2, -0.15) is 0 Å². The maximum atomic E-state index is 10.3. The second kappa shape index (κ2) is 3.05. The summed E-state index contributed by atoms with van der Waals surface area (Å²) >= 11 is 0. The number of benzene rings is 1. The van der Waals surface area contributed by atoms with Crippen LogP contribution in [0.3, 0.4) is 0 Å². The summed E-state index contributed by atoms with van der Waals surface area (Å²) in [5.41, 5.74) is -1.69. The maximum Gasteiger partial charge on any atom is 0.387 e. The zero-order valence-corrected chi connectivity index (χ0v) is 6.13. The largest absolute Gasteiger partial charge is 0.501 e. The van der Waals surface area contributed by atoms with Gasteiger partial charge in [0.05, 0.1) is 9.85 Å². The lowest BCUT2D eigenvalue weighted by atomic mass is 10.2.